The standard InChI is InChI=1S/C16H20BFN2O5/c1-2-15(21)20-9-12(18)13(10-20)25-16(22)19-14(17(23)24)8-11-6-4-3-5-7-11/h2-7,12-14,23-24H,1,8-10H2,(H,19,22)/t12-,13+,14-/m0/s1. The largest absolute Gasteiger partial charge is 0.475 e. The van der Waals surface area contributed by atoms with Crippen LogP contribution in [0.15, 0.2) is 43.0 Å². The van der Waals surface area contributed by atoms with Gasteiger partial charge in [0.05, 0.1) is 19.0 Å². The molecule has 7 nitrogen and oxygen atoms in total. The molecule has 2 rings (SSSR count). The molecule has 1 heterocycles. The van der Waals surface area contributed by atoms with Crippen LogP contribution in [0, 0.1) is 0 Å². The molecule has 2 amide bonds. The lowest BCUT2D eigenvalue weighted by molar-refractivity contribution is -0.125. The molecule has 1 aliphatic rings. The van der Waals surface area contributed by atoms with Gasteiger partial charge in [-0.05, 0) is 18.1 Å². The second-order valence-electron chi connectivity index (χ2n) is 5.76. The minimum atomic E-state index is -1.81. The van der Waals surface area contributed by atoms with Gasteiger partial charge < -0.3 is 25.0 Å². The molecule has 1 aromatic carbocycles. The van der Waals surface area contributed by atoms with Crippen LogP contribution in [0.2, 0.25) is 0 Å². The van der Waals surface area contributed by atoms with E-state index < -0.39 is 37.3 Å². The van der Waals surface area contributed by atoms with Crippen LogP contribution >= 0.6 is 0 Å². The van der Waals surface area contributed by atoms with Crippen LogP contribution in [-0.4, -0.2) is 65.4 Å². The van der Waals surface area contributed by atoms with E-state index in [2.05, 4.69) is 11.9 Å². The van der Waals surface area contributed by atoms with Crippen molar-refractivity contribution < 1.29 is 28.8 Å². The SMILES string of the molecule is C=CC(=O)N1C[C@H](F)[C@H](OC(=O)N[C@@H](Cc2ccccc2)B(O)O)C1. The van der Waals surface area contributed by atoms with Crippen LogP contribution in [-0.2, 0) is 16.0 Å². The monoisotopic (exact) mass is 350 g/mol. The fourth-order valence-electron chi connectivity index (χ4n) is 2.58. The summed E-state index contributed by atoms with van der Waals surface area (Å²) in [6.45, 7) is 3.06. The maximum absolute atomic E-state index is 13.9. The number of likely N-dealkylation sites (tertiary alicyclic amines) is 1. The van der Waals surface area contributed by atoms with E-state index in [1.54, 1.807) is 24.3 Å². The Morgan fingerprint density at radius 2 is 2.08 bits per heavy atom. The van der Waals surface area contributed by atoms with Gasteiger partial charge in [0.1, 0.15) is 0 Å². The van der Waals surface area contributed by atoms with Crippen molar-refractivity contribution in [2.75, 3.05) is 13.1 Å². The Hall–Kier alpha value is -2.39. The van der Waals surface area contributed by atoms with Gasteiger partial charge in [-0.25, -0.2) is 9.18 Å². The molecule has 0 saturated carbocycles. The molecule has 1 fully saturated rings. The van der Waals surface area contributed by atoms with Crippen molar-refractivity contribution in [1.82, 2.24) is 10.2 Å². The molecule has 0 spiro atoms. The number of hydrogen-bond donors (Lipinski definition) is 3. The third-order valence-corrected chi connectivity index (χ3v) is 3.90. The van der Waals surface area contributed by atoms with E-state index in [1.165, 1.54) is 4.90 Å². The minimum Gasteiger partial charge on any atom is -0.441 e. The summed E-state index contributed by atoms with van der Waals surface area (Å²) in [6, 6.07) is 8.93. The Labute approximate surface area is 145 Å². The first-order valence-electron chi connectivity index (χ1n) is 7.83. The lowest BCUT2D eigenvalue weighted by atomic mass is 9.76. The Kier molecular flexibility index (Phi) is 6.54. The van der Waals surface area contributed by atoms with Crippen molar-refractivity contribution >= 4 is 19.1 Å². The van der Waals surface area contributed by atoms with Gasteiger partial charge in [0.15, 0.2) is 12.3 Å². The van der Waals surface area contributed by atoms with Crippen molar-refractivity contribution in [3.63, 3.8) is 0 Å². The number of nitrogens with zero attached hydrogens (tertiary/aromatic N) is 1. The molecule has 3 atom stereocenters. The van der Waals surface area contributed by atoms with E-state index in [-0.39, 0.29) is 19.5 Å². The van der Waals surface area contributed by atoms with Crippen molar-refractivity contribution in [2.45, 2.75) is 24.6 Å². The number of halogens is 1. The number of amides is 2. The van der Waals surface area contributed by atoms with Gasteiger partial charge in [-0.1, -0.05) is 36.9 Å². The number of ether oxygens (including phenoxy) is 1. The van der Waals surface area contributed by atoms with Crippen LogP contribution in [0.1, 0.15) is 5.56 Å². The first-order valence-corrected chi connectivity index (χ1v) is 7.83. The van der Waals surface area contributed by atoms with E-state index >= 15 is 0 Å². The number of alkyl halides is 1. The van der Waals surface area contributed by atoms with Crippen molar-refractivity contribution in [3.8, 4) is 0 Å². The Balaban J connectivity index is 1.91. The van der Waals surface area contributed by atoms with Gasteiger partial charge in [-0.3, -0.25) is 4.79 Å². The topological polar surface area (TPSA) is 99.1 Å². The molecule has 25 heavy (non-hydrogen) atoms. The third-order valence-electron chi connectivity index (χ3n) is 3.90. The summed E-state index contributed by atoms with van der Waals surface area (Å²) in [5.74, 6) is -1.46. The lowest BCUT2D eigenvalue weighted by Gasteiger charge is -2.20. The Bertz CT molecular complexity index is 616. The zero-order chi connectivity index (χ0) is 18.4. The molecule has 0 bridgehead atoms. The quantitative estimate of drug-likeness (QED) is 0.498. The first kappa shape index (κ1) is 18.9. The van der Waals surface area contributed by atoms with E-state index in [1.807, 2.05) is 6.07 Å². The molecule has 9 heteroatoms. The number of nitrogens with one attached hydrogen (secondary N) is 1. The maximum Gasteiger partial charge on any atom is 0.475 e. The van der Waals surface area contributed by atoms with E-state index in [9.17, 15) is 24.0 Å². The highest BCUT2D eigenvalue weighted by atomic mass is 19.1. The van der Waals surface area contributed by atoms with Gasteiger partial charge in [0, 0.05) is 0 Å². The lowest BCUT2D eigenvalue weighted by Crippen LogP contribution is -2.49. The number of carbonyl (C=O) groups excluding carboxylic acids is 2. The normalized spacial score (nSPS) is 20.7. The number of hydrogen-bond acceptors (Lipinski definition) is 5. The number of rotatable bonds is 6. The number of carbonyl (C=O) groups is 2. The fraction of sp³-hybridized carbons (Fsp3) is 0.375. The molecule has 0 aromatic heterocycles. The van der Waals surface area contributed by atoms with E-state index in [4.69, 9.17) is 4.74 Å². The van der Waals surface area contributed by atoms with Gasteiger partial charge in [0.25, 0.3) is 0 Å². The minimum absolute atomic E-state index is 0.0789. The van der Waals surface area contributed by atoms with Crippen LogP contribution in [0.5, 0.6) is 0 Å². The first-order chi connectivity index (χ1) is 11.9. The summed E-state index contributed by atoms with van der Waals surface area (Å²) >= 11 is 0. The maximum atomic E-state index is 13.9. The van der Waals surface area contributed by atoms with Crippen LogP contribution in [0.4, 0.5) is 9.18 Å². The summed E-state index contributed by atoms with van der Waals surface area (Å²) in [5, 5.41) is 21.2. The Morgan fingerprint density at radius 1 is 1.40 bits per heavy atom. The second-order valence-corrected chi connectivity index (χ2v) is 5.76. The molecular weight excluding hydrogens is 330 g/mol. The van der Waals surface area contributed by atoms with Gasteiger partial charge >= 0.3 is 13.2 Å². The predicted molar refractivity (Wildman–Crippen MR) is 89.2 cm³/mol. The molecule has 134 valence electrons. The molecule has 3 N–H and O–H groups in total. The molecule has 1 aromatic rings. The van der Waals surface area contributed by atoms with Gasteiger partial charge in [0.2, 0.25) is 5.91 Å². The van der Waals surface area contributed by atoms with Crippen LogP contribution < -0.4 is 5.32 Å². The number of alkyl carbamates (subject to hydrolysis) is 1. The molecule has 1 saturated heterocycles. The highest BCUT2D eigenvalue weighted by Crippen LogP contribution is 2.17. The summed E-state index contributed by atoms with van der Waals surface area (Å²) in [6.07, 6.45) is -2.38. The third kappa shape index (κ3) is 5.30. The summed E-state index contributed by atoms with van der Waals surface area (Å²) in [7, 11) is -1.81. The molecule has 1 aliphatic heterocycles. The van der Waals surface area contributed by atoms with Gasteiger partial charge in [-0.15, -0.1) is 0 Å². The average molecular weight is 350 g/mol. The average Bonchev–Trinajstić information content (AvgIpc) is 2.95. The molecular formula is C16H20BFN2O5. The second kappa shape index (κ2) is 8.64. The van der Waals surface area contributed by atoms with Crippen LogP contribution in [0.3, 0.4) is 0 Å². The van der Waals surface area contributed by atoms with Crippen molar-refractivity contribution in [2.24, 2.45) is 0 Å². The zero-order valence-electron chi connectivity index (χ0n) is 13.5. The van der Waals surface area contributed by atoms with E-state index in [0.717, 1.165) is 11.6 Å². The smallest absolute Gasteiger partial charge is 0.441 e. The molecule has 0 unspecified atom stereocenters. The van der Waals surface area contributed by atoms with Crippen LogP contribution in [0.25, 0.3) is 0 Å². The van der Waals surface area contributed by atoms with Crippen molar-refractivity contribution in [3.05, 3.63) is 48.6 Å². The summed E-state index contributed by atoms with van der Waals surface area (Å²) < 4.78 is 18.9. The highest BCUT2D eigenvalue weighted by Gasteiger charge is 2.38. The number of benzene rings is 1. The van der Waals surface area contributed by atoms with Gasteiger partial charge in [-0.2, -0.15) is 0 Å². The fourth-order valence-corrected chi connectivity index (χ4v) is 2.58. The Morgan fingerprint density at radius 3 is 2.68 bits per heavy atom. The molecule has 0 radical (unpaired) electrons. The summed E-state index contributed by atoms with van der Waals surface area (Å²) in [4.78, 5) is 24.6. The van der Waals surface area contributed by atoms with Crippen molar-refractivity contribution in [1.29, 1.82) is 0 Å². The zero-order valence-corrected chi connectivity index (χ0v) is 13.5. The molecule has 0 aliphatic carbocycles. The summed E-state index contributed by atoms with van der Waals surface area (Å²) in [5.41, 5.74) is 0.785. The highest BCUT2D eigenvalue weighted by molar-refractivity contribution is 6.43. The predicted octanol–water partition coefficient (Wildman–Crippen LogP) is 0.0708. The van der Waals surface area contributed by atoms with E-state index in [0.29, 0.717) is 0 Å².